The molecule has 2 aliphatic rings. The van der Waals surface area contributed by atoms with Crippen LogP contribution in [-0.4, -0.2) is 62.7 Å². The van der Waals surface area contributed by atoms with Crippen molar-refractivity contribution >= 4 is 5.91 Å². The summed E-state index contributed by atoms with van der Waals surface area (Å²) in [4.78, 5) is 17.6. The van der Waals surface area contributed by atoms with E-state index in [2.05, 4.69) is 24.1 Å². The Morgan fingerprint density at radius 2 is 1.89 bits per heavy atom. The minimum atomic E-state index is -0.0211. The normalized spacial score (nSPS) is 19.6. The summed E-state index contributed by atoms with van der Waals surface area (Å²) in [5.41, 5.74) is 1.70. The van der Waals surface area contributed by atoms with E-state index in [1.165, 1.54) is 0 Å². The molecule has 4 rings (SSSR count). The summed E-state index contributed by atoms with van der Waals surface area (Å²) in [6, 6.07) is 13.7. The molecule has 0 N–H and O–H groups in total. The lowest BCUT2D eigenvalue weighted by Crippen LogP contribution is -2.49. The largest absolute Gasteiger partial charge is 0.493 e. The van der Waals surface area contributed by atoms with Crippen LogP contribution in [0.2, 0.25) is 0 Å². The van der Waals surface area contributed by atoms with Gasteiger partial charge in [-0.3, -0.25) is 4.79 Å². The maximum Gasteiger partial charge on any atom is 0.254 e. The molecule has 2 aliphatic heterocycles. The molecule has 2 heterocycles. The zero-order valence-corrected chi connectivity index (χ0v) is 15.7. The fourth-order valence-corrected chi connectivity index (χ4v) is 3.69. The van der Waals surface area contributed by atoms with Crippen molar-refractivity contribution in [1.82, 2.24) is 9.80 Å². The van der Waals surface area contributed by atoms with E-state index in [0.717, 1.165) is 18.7 Å². The second-order valence-corrected chi connectivity index (χ2v) is 6.89. The van der Waals surface area contributed by atoms with E-state index in [0.29, 0.717) is 42.6 Å². The molecule has 27 heavy (non-hydrogen) atoms. The summed E-state index contributed by atoms with van der Waals surface area (Å²) < 4.78 is 16.8. The van der Waals surface area contributed by atoms with Crippen molar-refractivity contribution in [2.75, 3.05) is 47.0 Å². The van der Waals surface area contributed by atoms with Crippen molar-refractivity contribution in [3.63, 3.8) is 0 Å². The highest BCUT2D eigenvalue weighted by molar-refractivity contribution is 5.96. The Bertz CT molecular complexity index is 807. The van der Waals surface area contributed by atoms with Crippen LogP contribution < -0.4 is 14.2 Å². The average molecular weight is 368 g/mol. The molecule has 6 heteroatoms. The summed E-state index contributed by atoms with van der Waals surface area (Å²) in [7, 11) is 3.66. The number of benzene rings is 2. The van der Waals surface area contributed by atoms with Gasteiger partial charge in [-0.25, -0.2) is 0 Å². The Labute approximate surface area is 159 Å². The van der Waals surface area contributed by atoms with Gasteiger partial charge < -0.3 is 24.0 Å². The van der Waals surface area contributed by atoms with Gasteiger partial charge in [0, 0.05) is 25.2 Å². The fraction of sp³-hybridized carbons (Fsp3) is 0.381. The molecular weight excluding hydrogens is 344 g/mol. The number of piperazine rings is 1. The number of rotatable bonds is 3. The number of amides is 1. The predicted molar refractivity (Wildman–Crippen MR) is 102 cm³/mol. The molecule has 0 unspecified atom stereocenters. The van der Waals surface area contributed by atoms with E-state index in [4.69, 9.17) is 14.2 Å². The molecule has 142 valence electrons. The number of ether oxygens (including phenoxy) is 3. The van der Waals surface area contributed by atoms with Crippen molar-refractivity contribution < 1.29 is 19.0 Å². The van der Waals surface area contributed by atoms with E-state index < -0.39 is 0 Å². The first-order valence-electron chi connectivity index (χ1n) is 9.19. The first-order valence-corrected chi connectivity index (χ1v) is 9.19. The minimum Gasteiger partial charge on any atom is -0.493 e. The van der Waals surface area contributed by atoms with E-state index in [1.54, 1.807) is 19.2 Å². The van der Waals surface area contributed by atoms with Crippen molar-refractivity contribution in [2.24, 2.45) is 0 Å². The van der Waals surface area contributed by atoms with Crippen LogP contribution in [0.25, 0.3) is 0 Å². The molecular formula is C21H24N2O4. The molecule has 0 aromatic heterocycles. The topological polar surface area (TPSA) is 51.2 Å². The number of methoxy groups -OCH3 is 1. The molecule has 0 radical (unpaired) electrons. The van der Waals surface area contributed by atoms with Crippen molar-refractivity contribution in [2.45, 2.75) is 6.04 Å². The lowest BCUT2D eigenvalue weighted by Gasteiger charge is -2.40. The van der Waals surface area contributed by atoms with Crippen LogP contribution in [0.3, 0.4) is 0 Å². The third kappa shape index (κ3) is 3.45. The number of nitrogens with zero attached hydrogens (tertiary/aromatic N) is 2. The van der Waals surface area contributed by atoms with Gasteiger partial charge in [0.15, 0.2) is 11.5 Å². The van der Waals surface area contributed by atoms with Crippen LogP contribution in [-0.2, 0) is 0 Å². The standard InChI is InChI=1S/C21H24N2O4/c1-22-8-9-23(17(14-22)15-6-4-3-5-7-15)21(24)16-12-18(25-2)20-19(13-16)26-10-11-27-20/h3-7,12-13,17H,8-11,14H2,1-2H3/t17-/m1/s1. The highest BCUT2D eigenvalue weighted by Crippen LogP contribution is 2.41. The highest BCUT2D eigenvalue weighted by atomic mass is 16.6. The second-order valence-electron chi connectivity index (χ2n) is 6.89. The van der Waals surface area contributed by atoms with Gasteiger partial charge in [-0.2, -0.15) is 0 Å². The second kappa shape index (κ2) is 7.48. The van der Waals surface area contributed by atoms with Gasteiger partial charge in [-0.1, -0.05) is 30.3 Å². The molecule has 0 bridgehead atoms. The smallest absolute Gasteiger partial charge is 0.254 e. The molecule has 2 aromatic carbocycles. The summed E-state index contributed by atoms with van der Waals surface area (Å²) in [6.07, 6.45) is 0. The monoisotopic (exact) mass is 368 g/mol. The van der Waals surface area contributed by atoms with Gasteiger partial charge in [0.05, 0.1) is 13.2 Å². The first kappa shape index (κ1) is 17.7. The zero-order valence-electron chi connectivity index (χ0n) is 15.7. The third-order valence-electron chi connectivity index (χ3n) is 5.10. The first-order chi connectivity index (χ1) is 13.2. The molecule has 0 spiro atoms. The summed E-state index contributed by atoms with van der Waals surface area (Å²) in [5.74, 6) is 1.64. The average Bonchev–Trinajstić information content (AvgIpc) is 2.73. The van der Waals surface area contributed by atoms with Crippen LogP contribution in [0.1, 0.15) is 22.0 Å². The van der Waals surface area contributed by atoms with Crippen molar-refractivity contribution in [1.29, 1.82) is 0 Å². The Morgan fingerprint density at radius 3 is 2.67 bits per heavy atom. The number of likely N-dealkylation sites (N-methyl/N-ethyl adjacent to an activating group) is 1. The van der Waals surface area contributed by atoms with Crippen LogP contribution >= 0.6 is 0 Å². The van der Waals surface area contributed by atoms with Gasteiger partial charge >= 0.3 is 0 Å². The van der Waals surface area contributed by atoms with Crippen LogP contribution in [0, 0.1) is 0 Å². The van der Waals surface area contributed by atoms with E-state index in [-0.39, 0.29) is 11.9 Å². The summed E-state index contributed by atoms with van der Waals surface area (Å²) in [6.45, 7) is 3.26. The van der Waals surface area contributed by atoms with Crippen LogP contribution in [0.4, 0.5) is 0 Å². The van der Waals surface area contributed by atoms with E-state index in [9.17, 15) is 4.79 Å². The number of carbonyl (C=O) groups excluding carboxylic acids is 1. The Hall–Kier alpha value is -2.73. The number of hydrogen-bond acceptors (Lipinski definition) is 5. The molecule has 0 aliphatic carbocycles. The van der Waals surface area contributed by atoms with Gasteiger partial charge in [0.2, 0.25) is 5.75 Å². The highest BCUT2D eigenvalue weighted by Gasteiger charge is 2.32. The minimum absolute atomic E-state index is 0.0108. The fourth-order valence-electron chi connectivity index (χ4n) is 3.69. The molecule has 1 saturated heterocycles. The Kier molecular flexibility index (Phi) is 4.90. The Morgan fingerprint density at radius 1 is 1.11 bits per heavy atom. The molecule has 0 saturated carbocycles. The van der Waals surface area contributed by atoms with E-state index in [1.807, 2.05) is 23.1 Å². The van der Waals surface area contributed by atoms with Crippen molar-refractivity contribution in [3.8, 4) is 17.2 Å². The third-order valence-corrected chi connectivity index (χ3v) is 5.10. The lowest BCUT2D eigenvalue weighted by atomic mass is 10.0. The Balaban J connectivity index is 1.68. The molecule has 1 fully saturated rings. The number of carbonyl (C=O) groups is 1. The summed E-state index contributed by atoms with van der Waals surface area (Å²) in [5, 5.41) is 0. The van der Waals surface area contributed by atoms with Crippen molar-refractivity contribution in [3.05, 3.63) is 53.6 Å². The SMILES string of the molecule is COc1cc(C(=O)N2CCN(C)C[C@@H]2c2ccccc2)cc2c1OCCO2. The summed E-state index contributed by atoms with van der Waals surface area (Å²) >= 11 is 0. The molecule has 6 nitrogen and oxygen atoms in total. The molecule has 1 amide bonds. The predicted octanol–water partition coefficient (Wildman–Crippen LogP) is 2.60. The van der Waals surface area contributed by atoms with E-state index >= 15 is 0 Å². The van der Waals surface area contributed by atoms with Gasteiger partial charge in [0.1, 0.15) is 13.2 Å². The van der Waals surface area contributed by atoms with Crippen LogP contribution in [0.15, 0.2) is 42.5 Å². The van der Waals surface area contributed by atoms with Gasteiger partial charge in [-0.05, 0) is 24.7 Å². The number of fused-ring (bicyclic) bond motifs is 1. The van der Waals surface area contributed by atoms with Crippen LogP contribution in [0.5, 0.6) is 17.2 Å². The molecule has 1 atom stereocenters. The zero-order chi connectivity index (χ0) is 18.8. The number of hydrogen-bond donors (Lipinski definition) is 0. The maximum atomic E-state index is 13.4. The molecule has 2 aromatic rings. The lowest BCUT2D eigenvalue weighted by molar-refractivity contribution is 0.0496. The maximum absolute atomic E-state index is 13.4. The van der Waals surface area contributed by atoms with Gasteiger partial charge in [-0.15, -0.1) is 0 Å². The van der Waals surface area contributed by atoms with Gasteiger partial charge in [0.25, 0.3) is 5.91 Å². The quantitative estimate of drug-likeness (QED) is 0.834.